The van der Waals surface area contributed by atoms with Crippen molar-refractivity contribution < 1.29 is 0 Å². The van der Waals surface area contributed by atoms with Crippen molar-refractivity contribution in [3.8, 4) is 0 Å². The number of nitrogens with zero attached hydrogens (tertiary/aromatic N) is 5. The van der Waals surface area contributed by atoms with Crippen molar-refractivity contribution in [1.29, 1.82) is 0 Å². The number of hydrogen-bond acceptors (Lipinski definition) is 5. The second-order valence-electron chi connectivity index (χ2n) is 5.99. The minimum atomic E-state index is 0.689. The lowest BCUT2D eigenvalue weighted by Gasteiger charge is -2.19. The summed E-state index contributed by atoms with van der Waals surface area (Å²) < 4.78 is 1.63. The van der Waals surface area contributed by atoms with Crippen molar-refractivity contribution in [2.45, 2.75) is 38.8 Å². The molecule has 22 heavy (non-hydrogen) atoms. The number of rotatable bonds is 5. The van der Waals surface area contributed by atoms with E-state index >= 15 is 0 Å². The van der Waals surface area contributed by atoms with Gasteiger partial charge in [0.2, 0.25) is 5.95 Å². The number of likely N-dealkylation sites (tertiary alicyclic amines) is 1. The fourth-order valence-electron chi connectivity index (χ4n) is 2.88. The molecule has 1 aromatic carbocycles. The van der Waals surface area contributed by atoms with E-state index in [1.54, 1.807) is 4.68 Å². The van der Waals surface area contributed by atoms with E-state index in [1.165, 1.54) is 49.9 Å². The fourth-order valence-corrected chi connectivity index (χ4v) is 2.88. The average Bonchev–Trinajstić information content (AvgIpc) is 2.78. The van der Waals surface area contributed by atoms with Crippen molar-refractivity contribution in [3.05, 3.63) is 35.4 Å². The maximum absolute atomic E-state index is 3.92. The van der Waals surface area contributed by atoms with Gasteiger partial charge < -0.3 is 5.32 Å². The highest BCUT2D eigenvalue weighted by Crippen LogP contribution is 2.14. The van der Waals surface area contributed by atoms with Crippen LogP contribution in [-0.2, 0) is 20.1 Å². The van der Waals surface area contributed by atoms with Crippen LogP contribution in [0, 0.1) is 0 Å². The van der Waals surface area contributed by atoms with E-state index in [9.17, 15) is 0 Å². The van der Waals surface area contributed by atoms with Crippen molar-refractivity contribution in [2.75, 3.05) is 18.4 Å². The van der Waals surface area contributed by atoms with Crippen LogP contribution < -0.4 is 5.32 Å². The Bertz CT molecular complexity index is 569. The number of nitrogens with one attached hydrogen (secondary N) is 1. The van der Waals surface area contributed by atoms with Crippen LogP contribution in [0.3, 0.4) is 0 Å². The first-order valence-corrected chi connectivity index (χ1v) is 8.08. The van der Waals surface area contributed by atoms with Gasteiger partial charge >= 0.3 is 0 Å². The monoisotopic (exact) mass is 300 g/mol. The van der Waals surface area contributed by atoms with E-state index in [2.05, 4.69) is 50.0 Å². The molecule has 1 saturated heterocycles. The Kier molecular flexibility index (Phi) is 5.00. The zero-order chi connectivity index (χ0) is 15.2. The quantitative estimate of drug-likeness (QED) is 0.917. The molecular formula is C16H24N6. The fraction of sp³-hybridized carbons (Fsp3) is 0.562. The van der Waals surface area contributed by atoms with E-state index in [-0.39, 0.29) is 0 Å². The first-order chi connectivity index (χ1) is 10.8. The summed E-state index contributed by atoms with van der Waals surface area (Å²) in [6, 6.07) is 8.83. The molecule has 0 saturated carbocycles. The Hall–Kier alpha value is -1.95. The molecular weight excluding hydrogens is 276 g/mol. The smallest absolute Gasteiger partial charge is 0.242 e. The maximum Gasteiger partial charge on any atom is 0.242 e. The first kappa shape index (κ1) is 15.0. The number of aryl methyl sites for hydroxylation is 1. The van der Waals surface area contributed by atoms with Gasteiger partial charge in [-0.2, -0.15) is 0 Å². The SMILES string of the molecule is Cn1nnnc1NCc1ccc(CN2CCCCCC2)cc1. The third kappa shape index (κ3) is 4.04. The summed E-state index contributed by atoms with van der Waals surface area (Å²) >= 11 is 0. The van der Waals surface area contributed by atoms with Gasteiger partial charge in [0.05, 0.1) is 0 Å². The molecule has 6 nitrogen and oxygen atoms in total. The van der Waals surface area contributed by atoms with Crippen LogP contribution in [0.15, 0.2) is 24.3 Å². The summed E-state index contributed by atoms with van der Waals surface area (Å²) in [6.45, 7) is 4.28. The van der Waals surface area contributed by atoms with Gasteiger partial charge in [0.1, 0.15) is 0 Å². The summed E-state index contributed by atoms with van der Waals surface area (Å²) in [7, 11) is 1.83. The molecule has 1 aliphatic heterocycles. The Morgan fingerprint density at radius 1 is 1.00 bits per heavy atom. The molecule has 0 spiro atoms. The molecule has 1 aromatic heterocycles. The molecule has 0 unspecified atom stereocenters. The molecule has 3 rings (SSSR count). The van der Waals surface area contributed by atoms with Gasteiger partial charge in [0, 0.05) is 20.1 Å². The van der Waals surface area contributed by atoms with Crippen molar-refractivity contribution in [2.24, 2.45) is 7.05 Å². The topological polar surface area (TPSA) is 58.9 Å². The molecule has 0 aliphatic carbocycles. The lowest BCUT2D eigenvalue weighted by molar-refractivity contribution is 0.277. The highest BCUT2D eigenvalue weighted by atomic mass is 15.6. The lowest BCUT2D eigenvalue weighted by Crippen LogP contribution is -2.23. The second-order valence-corrected chi connectivity index (χ2v) is 5.99. The molecule has 1 fully saturated rings. The highest BCUT2D eigenvalue weighted by Gasteiger charge is 2.09. The molecule has 0 radical (unpaired) electrons. The molecule has 1 N–H and O–H groups in total. The molecule has 2 heterocycles. The van der Waals surface area contributed by atoms with E-state index in [4.69, 9.17) is 0 Å². The van der Waals surface area contributed by atoms with Gasteiger partial charge in [-0.15, -0.1) is 0 Å². The number of benzene rings is 1. The molecule has 6 heteroatoms. The van der Waals surface area contributed by atoms with Gasteiger partial charge in [-0.05, 0) is 47.5 Å². The van der Waals surface area contributed by atoms with Gasteiger partial charge in [-0.1, -0.05) is 42.2 Å². The summed E-state index contributed by atoms with van der Waals surface area (Å²) in [5.74, 6) is 0.689. The second kappa shape index (κ2) is 7.35. The number of aromatic nitrogens is 4. The van der Waals surface area contributed by atoms with Gasteiger partial charge in [0.15, 0.2) is 0 Å². The number of anilines is 1. The highest BCUT2D eigenvalue weighted by molar-refractivity contribution is 5.28. The first-order valence-electron chi connectivity index (χ1n) is 8.08. The minimum absolute atomic E-state index is 0.689. The third-order valence-electron chi connectivity index (χ3n) is 4.20. The summed E-state index contributed by atoms with van der Waals surface area (Å²) in [4.78, 5) is 2.57. The molecule has 0 amide bonds. The average molecular weight is 300 g/mol. The zero-order valence-electron chi connectivity index (χ0n) is 13.2. The van der Waals surface area contributed by atoms with E-state index in [0.717, 1.165) is 13.1 Å². The molecule has 2 aromatic rings. The predicted octanol–water partition coefficient (Wildman–Crippen LogP) is 2.20. The Labute approximate surface area is 131 Å². The molecule has 118 valence electrons. The zero-order valence-corrected chi connectivity index (χ0v) is 13.2. The Morgan fingerprint density at radius 2 is 1.68 bits per heavy atom. The van der Waals surface area contributed by atoms with E-state index in [1.807, 2.05) is 7.05 Å². The van der Waals surface area contributed by atoms with Gasteiger partial charge in [0.25, 0.3) is 0 Å². The standard InChI is InChI=1S/C16H24N6/c1-21-16(18-19-20-21)17-12-14-6-8-15(9-7-14)13-22-10-4-2-3-5-11-22/h6-9H,2-5,10-13H2,1H3,(H,17,18,20). The van der Waals surface area contributed by atoms with Crippen LogP contribution in [0.25, 0.3) is 0 Å². The normalized spacial score (nSPS) is 16.4. The minimum Gasteiger partial charge on any atom is -0.349 e. The van der Waals surface area contributed by atoms with Crippen molar-refractivity contribution in [1.82, 2.24) is 25.1 Å². The maximum atomic E-state index is 3.92. The largest absolute Gasteiger partial charge is 0.349 e. The summed E-state index contributed by atoms with van der Waals surface area (Å²) in [5.41, 5.74) is 2.63. The molecule has 0 atom stereocenters. The van der Waals surface area contributed by atoms with E-state index in [0.29, 0.717) is 5.95 Å². The Balaban J connectivity index is 1.52. The summed E-state index contributed by atoms with van der Waals surface area (Å²) in [5, 5.41) is 14.6. The van der Waals surface area contributed by atoms with Crippen LogP contribution in [0.4, 0.5) is 5.95 Å². The van der Waals surface area contributed by atoms with Crippen LogP contribution in [0.5, 0.6) is 0 Å². The molecule has 0 bridgehead atoms. The number of hydrogen-bond donors (Lipinski definition) is 1. The van der Waals surface area contributed by atoms with Crippen molar-refractivity contribution >= 4 is 5.95 Å². The summed E-state index contributed by atoms with van der Waals surface area (Å²) in [6.07, 6.45) is 5.46. The van der Waals surface area contributed by atoms with Crippen LogP contribution in [-0.4, -0.2) is 38.2 Å². The van der Waals surface area contributed by atoms with Crippen LogP contribution in [0.1, 0.15) is 36.8 Å². The lowest BCUT2D eigenvalue weighted by atomic mass is 10.1. The van der Waals surface area contributed by atoms with Crippen molar-refractivity contribution in [3.63, 3.8) is 0 Å². The predicted molar refractivity (Wildman–Crippen MR) is 86.3 cm³/mol. The van der Waals surface area contributed by atoms with E-state index < -0.39 is 0 Å². The van der Waals surface area contributed by atoms with Gasteiger partial charge in [-0.25, -0.2) is 4.68 Å². The van der Waals surface area contributed by atoms with Gasteiger partial charge in [-0.3, -0.25) is 4.90 Å². The molecule has 1 aliphatic rings. The third-order valence-corrected chi connectivity index (χ3v) is 4.20. The number of tetrazole rings is 1. The van der Waals surface area contributed by atoms with Crippen LogP contribution >= 0.6 is 0 Å². The Morgan fingerprint density at radius 3 is 2.32 bits per heavy atom. The van der Waals surface area contributed by atoms with Crippen LogP contribution in [0.2, 0.25) is 0 Å².